The molecule has 56 heavy (non-hydrogen) atoms. The summed E-state index contributed by atoms with van der Waals surface area (Å²) in [6, 6.07) is -1.07. The van der Waals surface area contributed by atoms with Crippen LogP contribution in [-0.2, 0) is 33.3 Å². The first-order chi connectivity index (χ1) is 26.2. The van der Waals surface area contributed by atoms with Gasteiger partial charge in [0.1, 0.15) is 23.7 Å². The second-order valence-corrected chi connectivity index (χ2v) is 17.2. The number of aliphatic hydroxyl groups excluding tert-OH is 3. The molecule has 2 bridgehead atoms. The Morgan fingerprint density at radius 2 is 1.79 bits per heavy atom. The smallest absolute Gasteiger partial charge is 0.407 e. The Balaban J connectivity index is 1.51. The molecule has 1 spiro atoms. The summed E-state index contributed by atoms with van der Waals surface area (Å²) < 4.78 is 23.4. The van der Waals surface area contributed by atoms with E-state index in [2.05, 4.69) is 5.32 Å². The number of nitro groups is 1. The molecule has 15 heteroatoms. The van der Waals surface area contributed by atoms with Crippen LogP contribution in [0, 0.1) is 51.0 Å². The lowest BCUT2D eigenvalue weighted by molar-refractivity contribution is -0.584. The predicted octanol–water partition coefficient (Wildman–Crippen LogP) is 4.21. The van der Waals surface area contributed by atoms with Crippen LogP contribution in [0.1, 0.15) is 74.1 Å². The highest BCUT2D eigenvalue weighted by molar-refractivity contribution is 6.26. The summed E-state index contributed by atoms with van der Waals surface area (Å²) in [5.41, 5.74) is -4.40. The number of aliphatic hydroxyl groups is 3. The minimum atomic E-state index is -2.10. The molecule has 0 aromatic heterocycles. The number of ether oxygens (including phenoxy) is 4. The van der Waals surface area contributed by atoms with E-state index in [1.807, 2.05) is 39.0 Å². The van der Waals surface area contributed by atoms with Crippen molar-refractivity contribution < 1.29 is 58.4 Å². The number of hydrogen-bond donors (Lipinski definition) is 4. The number of allylic oxidation sites excluding steroid dienone is 3. The third-order valence-corrected chi connectivity index (χ3v) is 13.7. The molecule has 1 saturated carbocycles. The molecule has 2 heterocycles. The number of carbonyl (C=O) groups is 4. The number of nitrogens with zero attached hydrogens (tertiary/aromatic N) is 1. The van der Waals surface area contributed by atoms with Crippen LogP contribution in [-0.4, -0.2) is 99.4 Å². The van der Waals surface area contributed by atoms with Crippen molar-refractivity contribution in [1.82, 2.24) is 5.32 Å². The summed E-state index contributed by atoms with van der Waals surface area (Å²) >= 11 is 0. The van der Waals surface area contributed by atoms with E-state index < -0.39 is 111 Å². The Morgan fingerprint density at radius 3 is 2.43 bits per heavy atom. The number of Topliss-reactive ketones (excluding diaryl/α,β-unsaturated/α-hetero) is 1. The quantitative estimate of drug-likeness (QED) is 0.0768. The lowest BCUT2D eigenvalue weighted by atomic mass is 9.49. The van der Waals surface area contributed by atoms with Gasteiger partial charge >= 0.3 is 12.1 Å². The third-order valence-electron chi connectivity index (χ3n) is 13.7. The number of amides is 1. The van der Waals surface area contributed by atoms with E-state index in [1.165, 1.54) is 13.0 Å². The minimum absolute atomic E-state index is 0.0397. The summed E-state index contributed by atoms with van der Waals surface area (Å²) in [6.45, 7) is 12.4. The van der Waals surface area contributed by atoms with Gasteiger partial charge < -0.3 is 39.6 Å². The van der Waals surface area contributed by atoms with Gasteiger partial charge in [-0.3, -0.25) is 19.7 Å². The molecular formula is C41H54N2O13. The number of aldehydes is 1. The Morgan fingerprint density at radius 1 is 1.09 bits per heavy atom. The zero-order chi connectivity index (χ0) is 41.2. The highest BCUT2D eigenvalue weighted by Gasteiger charge is 2.64. The molecule has 6 rings (SSSR count). The van der Waals surface area contributed by atoms with Crippen molar-refractivity contribution in [1.29, 1.82) is 0 Å². The number of methoxy groups -OCH3 is 1. The molecule has 4 aliphatic carbocycles. The van der Waals surface area contributed by atoms with Gasteiger partial charge in [0.15, 0.2) is 11.9 Å². The average Bonchev–Trinajstić information content (AvgIpc) is 3.38. The molecule has 0 aromatic rings. The van der Waals surface area contributed by atoms with Crippen LogP contribution in [0.2, 0.25) is 0 Å². The lowest BCUT2D eigenvalue weighted by Gasteiger charge is -2.55. The fourth-order valence-corrected chi connectivity index (χ4v) is 10.8. The van der Waals surface area contributed by atoms with Crippen LogP contribution < -0.4 is 5.32 Å². The zero-order valence-electron chi connectivity index (χ0n) is 33.1. The summed E-state index contributed by atoms with van der Waals surface area (Å²) in [6.07, 6.45) is 3.32. The first kappa shape index (κ1) is 41.5. The van der Waals surface area contributed by atoms with Crippen molar-refractivity contribution in [3.05, 3.63) is 68.5 Å². The van der Waals surface area contributed by atoms with Crippen molar-refractivity contribution in [3.8, 4) is 0 Å². The normalized spacial score (nSPS) is 47.0. The van der Waals surface area contributed by atoms with Gasteiger partial charge in [0.05, 0.1) is 43.9 Å². The molecule has 0 unspecified atom stereocenters. The summed E-state index contributed by atoms with van der Waals surface area (Å²) in [5, 5.41) is 50.6. The standard InChI is InChI=1S/C41H54N2O13/c1-19-9-12-29(55-30-17-39(6,43(51)52)34(23(5)54-30)42-38(50)53-8)20(2)14-27-28(45)15-24(18-44)16-41(27)36(48)31(37(49)56-41)35(47)40(7)26(19)11-10-25-32(40)21(3)13-22(4)33(25)46/h9-11,14-15,18,21-23,25-30,32-34,45-47H,12-13,16-17H2,1-8H3,(H,42,50)/b19-9+,20-14+,35-31+/t21-,22-,23-,25-,26-,27+,28-,29-,30+,32+,33-,34+,39+,40+,41-/m1/s1. The van der Waals surface area contributed by atoms with Crippen molar-refractivity contribution >= 4 is 24.1 Å². The molecule has 2 aliphatic heterocycles. The summed E-state index contributed by atoms with van der Waals surface area (Å²) in [5.74, 6) is -5.13. The van der Waals surface area contributed by atoms with Crippen molar-refractivity contribution in [2.45, 2.75) is 122 Å². The lowest BCUT2D eigenvalue weighted by Crippen LogP contribution is -2.65. The Bertz CT molecular complexity index is 1830. The van der Waals surface area contributed by atoms with Crippen molar-refractivity contribution in [3.63, 3.8) is 0 Å². The number of rotatable bonds is 5. The molecule has 15 atom stereocenters. The van der Waals surface area contributed by atoms with E-state index in [0.29, 0.717) is 18.3 Å². The van der Waals surface area contributed by atoms with E-state index in [-0.39, 0.29) is 36.7 Å². The molecule has 3 fully saturated rings. The van der Waals surface area contributed by atoms with Gasteiger partial charge in [-0.05, 0) is 68.6 Å². The first-order valence-electron chi connectivity index (χ1n) is 19.3. The molecule has 0 aromatic carbocycles. The number of nitrogens with one attached hydrogen (secondary N) is 1. The van der Waals surface area contributed by atoms with E-state index in [4.69, 9.17) is 18.9 Å². The molecule has 2 saturated heterocycles. The highest BCUT2D eigenvalue weighted by Crippen LogP contribution is 2.60. The average molecular weight is 783 g/mol. The SMILES string of the molecule is COC(=O)N[C@H]1[C@@H](C)O[C@@H](O[C@@H]2C/C=C(\C)[C@H]3C=C[C@H]4[C@H](O)[C@H](C)C[C@@H](C)[C@@H]4[C@@]3(C)/C(O)=C3\C(=O)O[C@@]4(CC(C=O)=C[C@@H](O)[C@@H]4/C=C/2C)C3=O)C[C@]1(C)[N+](=O)[O-]. The maximum Gasteiger partial charge on any atom is 0.407 e. The number of hydrogen-bond acceptors (Lipinski definition) is 13. The Hall–Kier alpha value is -4.18. The van der Waals surface area contributed by atoms with Gasteiger partial charge in [-0.15, -0.1) is 0 Å². The van der Waals surface area contributed by atoms with Gasteiger partial charge in [-0.25, -0.2) is 9.59 Å². The number of esters is 1. The van der Waals surface area contributed by atoms with Gasteiger partial charge in [-0.2, -0.15) is 0 Å². The molecule has 306 valence electrons. The van der Waals surface area contributed by atoms with Gasteiger partial charge in [-0.1, -0.05) is 50.6 Å². The van der Waals surface area contributed by atoms with Crippen molar-refractivity contribution in [2.75, 3.05) is 7.11 Å². The minimum Gasteiger partial charge on any atom is -0.511 e. The highest BCUT2D eigenvalue weighted by atomic mass is 16.7. The second kappa shape index (κ2) is 15.0. The van der Waals surface area contributed by atoms with Crippen LogP contribution in [0.4, 0.5) is 4.79 Å². The van der Waals surface area contributed by atoms with E-state index in [1.54, 1.807) is 26.8 Å². The summed E-state index contributed by atoms with van der Waals surface area (Å²) in [4.78, 5) is 65.3. The largest absolute Gasteiger partial charge is 0.511 e. The molecule has 1 amide bonds. The van der Waals surface area contributed by atoms with Crippen LogP contribution in [0.15, 0.2) is 58.4 Å². The fraction of sp³-hybridized carbons (Fsp3) is 0.659. The monoisotopic (exact) mass is 782 g/mol. The molecular weight excluding hydrogens is 728 g/mol. The molecule has 4 N–H and O–H groups in total. The maximum atomic E-state index is 14.9. The molecule has 0 radical (unpaired) electrons. The first-order valence-corrected chi connectivity index (χ1v) is 19.3. The van der Waals surface area contributed by atoms with E-state index in [0.717, 1.165) is 12.7 Å². The number of carbonyl (C=O) groups excluding carboxylic acids is 4. The number of ketones is 1. The second-order valence-electron chi connectivity index (χ2n) is 17.2. The van der Waals surface area contributed by atoms with E-state index in [9.17, 15) is 44.6 Å². The van der Waals surface area contributed by atoms with Crippen LogP contribution in [0.5, 0.6) is 0 Å². The number of alkyl carbamates (subject to hydrolysis) is 1. The van der Waals surface area contributed by atoms with Gasteiger partial charge in [0.2, 0.25) is 11.3 Å². The van der Waals surface area contributed by atoms with Gasteiger partial charge in [0, 0.05) is 35.5 Å². The summed E-state index contributed by atoms with van der Waals surface area (Å²) in [7, 11) is 1.15. The number of fused-ring (bicyclic) bond motifs is 4. The Labute approximate surface area is 326 Å². The predicted molar refractivity (Wildman–Crippen MR) is 199 cm³/mol. The van der Waals surface area contributed by atoms with E-state index >= 15 is 0 Å². The van der Waals surface area contributed by atoms with Crippen LogP contribution in [0.3, 0.4) is 0 Å². The fourth-order valence-electron chi connectivity index (χ4n) is 10.8. The zero-order valence-corrected chi connectivity index (χ0v) is 33.1. The maximum absolute atomic E-state index is 14.9. The topological polar surface area (TPSA) is 221 Å². The molecule has 6 aliphatic rings. The van der Waals surface area contributed by atoms with Crippen LogP contribution >= 0.6 is 0 Å². The van der Waals surface area contributed by atoms with Crippen LogP contribution in [0.25, 0.3) is 0 Å². The van der Waals surface area contributed by atoms with Crippen molar-refractivity contribution in [2.24, 2.45) is 40.9 Å². The third kappa shape index (κ3) is 6.53. The Kier molecular flexibility index (Phi) is 11.1. The van der Waals surface area contributed by atoms with Gasteiger partial charge in [0.25, 0.3) is 0 Å². The molecule has 15 nitrogen and oxygen atoms in total.